The predicted octanol–water partition coefficient (Wildman–Crippen LogP) is 4.16. The molecule has 0 amide bonds. The number of carbonyl (C=O) groups is 1. The molecule has 0 radical (unpaired) electrons. The molecule has 1 aliphatic rings. The molecular weight excluding hydrogens is 305 g/mol. The first-order valence-electron chi connectivity index (χ1n) is 8.37. The van der Waals surface area contributed by atoms with Crippen molar-refractivity contribution in [3.8, 4) is 0 Å². The highest BCUT2D eigenvalue weighted by atomic mass is 19.1. The molecule has 1 N–H and O–H groups in total. The van der Waals surface area contributed by atoms with E-state index in [4.69, 9.17) is 0 Å². The summed E-state index contributed by atoms with van der Waals surface area (Å²) in [5.41, 5.74) is 2.59. The zero-order valence-electron chi connectivity index (χ0n) is 13.8. The second-order valence-electron chi connectivity index (χ2n) is 6.42. The molecule has 0 aromatic heterocycles. The summed E-state index contributed by atoms with van der Waals surface area (Å²) in [6.45, 7) is 2.66. The van der Waals surface area contributed by atoms with Crippen LogP contribution in [0.1, 0.15) is 42.0 Å². The lowest BCUT2D eigenvalue weighted by Crippen LogP contribution is -2.47. The lowest BCUT2D eigenvalue weighted by molar-refractivity contribution is -0.145. The summed E-state index contributed by atoms with van der Waals surface area (Å²) in [6, 6.07) is 13.6. The van der Waals surface area contributed by atoms with E-state index in [1.165, 1.54) is 6.07 Å². The smallest absolute Gasteiger partial charge is 0.320 e. The second-order valence-corrected chi connectivity index (χ2v) is 6.42. The van der Waals surface area contributed by atoms with E-state index in [-0.39, 0.29) is 11.9 Å². The number of piperidine rings is 1. The van der Waals surface area contributed by atoms with Gasteiger partial charge in [0.25, 0.3) is 0 Å². The van der Waals surface area contributed by atoms with E-state index in [0.29, 0.717) is 18.5 Å². The van der Waals surface area contributed by atoms with E-state index in [2.05, 4.69) is 0 Å². The monoisotopic (exact) mass is 327 g/mol. The van der Waals surface area contributed by atoms with E-state index in [1.807, 2.05) is 36.1 Å². The first kappa shape index (κ1) is 16.7. The normalized spacial score (nSPS) is 19.8. The number of aryl methyl sites for hydroxylation is 1. The highest BCUT2D eigenvalue weighted by molar-refractivity contribution is 5.73. The molecule has 0 saturated carbocycles. The van der Waals surface area contributed by atoms with Crippen LogP contribution in [0.25, 0.3) is 0 Å². The van der Waals surface area contributed by atoms with Crippen molar-refractivity contribution in [2.75, 3.05) is 6.54 Å². The van der Waals surface area contributed by atoms with Crippen molar-refractivity contribution < 1.29 is 14.3 Å². The van der Waals surface area contributed by atoms with Crippen LogP contribution in [0.4, 0.5) is 4.39 Å². The molecule has 1 heterocycles. The number of carboxylic acid groups (broad SMARTS) is 1. The Hall–Kier alpha value is -2.20. The molecule has 0 aliphatic carbocycles. The lowest BCUT2D eigenvalue weighted by atomic mass is 9.91. The molecule has 2 unspecified atom stereocenters. The maximum atomic E-state index is 14.5. The van der Waals surface area contributed by atoms with Gasteiger partial charge in [-0.05, 0) is 37.9 Å². The van der Waals surface area contributed by atoms with Gasteiger partial charge in [0.05, 0.1) is 6.04 Å². The maximum absolute atomic E-state index is 14.5. The molecule has 3 nitrogen and oxygen atoms in total. The Bertz CT molecular complexity index is 714. The van der Waals surface area contributed by atoms with Gasteiger partial charge in [-0.2, -0.15) is 0 Å². The summed E-state index contributed by atoms with van der Waals surface area (Å²) in [6.07, 6.45) is 2.43. The Balaban J connectivity index is 2.09. The van der Waals surface area contributed by atoms with E-state index >= 15 is 0 Å². The zero-order chi connectivity index (χ0) is 17.1. The standard InChI is InChI=1S/C20H22FNO2/c1-14-9-11-15(12-10-14)19(16-6-2-3-7-17(16)21)22-13-5-4-8-18(22)20(23)24/h2-3,6-7,9-12,18-19H,4-5,8,13H2,1H3,(H,23,24). The van der Waals surface area contributed by atoms with Crippen LogP contribution in [-0.2, 0) is 4.79 Å². The Kier molecular flexibility index (Phi) is 4.95. The molecule has 0 spiro atoms. The van der Waals surface area contributed by atoms with Crippen LogP contribution in [-0.4, -0.2) is 28.6 Å². The van der Waals surface area contributed by atoms with Crippen LogP contribution in [0.3, 0.4) is 0 Å². The summed E-state index contributed by atoms with van der Waals surface area (Å²) in [4.78, 5) is 13.7. The highest BCUT2D eigenvalue weighted by Gasteiger charge is 2.35. The summed E-state index contributed by atoms with van der Waals surface area (Å²) < 4.78 is 14.5. The van der Waals surface area contributed by atoms with Crippen LogP contribution < -0.4 is 0 Å². The van der Waals surface area contributed by atoms with E-state index in [0.717, 1.165) is 24.0 Å². The molecule has 2 aromatic rings. The van der Waals surface area contributed by atoms with Gasteiger partial charge in [0.15, 0.2) is 0 Å². The summed E-state index contributed by atoms with van der Waals surface area (Å²) >= 11 is 0. The minimum atomic E-state index is -0.830. The van der Waals surface area contributed by atoms with Gasteiger partial charge in [-0.25, -0.2) is 4.39 Å². The molecule has 1 saturated heterocycles. The average Bonchev–Trinajstić information content (AvgIpc) is 2.59. The van der Waals surface area contributed by atoms with Gasteiger partial charge >= 0.3 is 5.97 Å². The minimum absolute atomic E-state index is 0.294. The number of nitrogens with zero attached hydrogens (tertiary/aromatic N) is 1. The zero-order valence-corrected chi connectivity index (χ0v) is 13.8. The van der Waals surface area contributed by atoms with Gasteiger partial charge in [-0.3, -0.25) is 9.69 Å². The van der Waals surface area contributed by atoms with Gasteiger partial charge in [-0.15, -0.1) is 0 Å². The quantitative estimate of drug-likeness (QED) is 0.916. The van der Waals surface area contributed by atoms with E-state index in [9.17, 15) is 14.3 Å². The van der Waals surface area contributed by atoms with Crippen molar-refractivity contribution >= 4 is 5.97 Å². The van der Waals surface area contributed by atoms with Crippen molar-refractivity contribution in [2.24, 2.45) is 0 Å². The number of benzene rings is 2. The van der Waals surface area contributed by atoms with Crippen molar-refractivity contribution in [2.45, 2.75) is 38.3 Å². The van der Waals surface area contributed by atoms with E-state index < -0.39 is 12.0 Å². The Labute approximate surface area is 141 Å². The maximum Gasteiger partial charge on any atom is 0.320 e. The van der Waals surface area contributed by atoms with Gasteiger partial charge in [0.2, 0.25) is 0 Å². The third-order valence-corrected chi connectivity index (χ3v) is 4.75. The highest BCUT2D eigenvalue weighted by Crippen LogP contribution is 2.35. The summed E-state index contributed by atoms with van der Waals surface area (Å²) in [5.74, 6) is -1.12. The molecule has 24 heavy (non-hydrogen) atoms. The fourth-order valence-corrected chi connectivity index (χ4v) is 3.52. The van der Waals surface area contributed by atoms with Crippen molar-refractivity contribution in [1.29, 1.82) is 0 Å². The van der Waals surface area contributed by atoms with Gasteiger partial charge in [-0.1, -0.05) is 54.4 Å². The Morgan fingerprint density at radius 2 is 1.88 bits per heavy atom. The van der Waals surface area contributed by atoms with Gasteiger partial charge < -0.3 is 5.11 Å². The lowest BCUT2D eigenvalue weighted by Gasteiger charge is -2.39. The molecule has 2 atom stereocenters. The van der Waals surface area contributed by atoms with Crippen LogP contribution >= 0.6 is 0 Å². The number of likely N-dealkylation sites (tertiary alicyclic amines) is 1. The van der Waals surface area contributed by atoms with Gasteiger partial charge in [0.1, 0.15) is 11.9 Å². The fraction of sp³-hybridized carbons (Fsp3) is 0.350. The number of rotatable bonds is 4. The fourth-order valence-electron chi connectivity index (χ4n) is 3.52. The number of halogens is 1. The first-order chi connectivity index (χ1) is 11.6. The molecule has 1 aliphatic heterocycles. The van der Waals surface area contributed by atoms with Crippen LogP contribution in [0.5, 0.6) is 0 Å². The molecule has 2 aromatic carbocycles. The molecule has 1 fully saturated rings. The van der Waals surface area contributed by atoms with Crippen molar-refractivity contribution in [3.63, 3.8) is 0 Å². The Morgan fingerprint density at radius 1 is 1.17 bits per heavy atom. The van der Waals surface area contributed by atoms with Gasteiger partial charge in [0, 0.05) is 5.56 Å². The van der Waals surface area contributed by atoms with Crippen LogP contribution in [0.15, 0.2) is 48.5 Å². The molecule has 0 bridgehead atoms. The predicted molar refractivity (Wildman–Crippen MR) is 91.4 cm³/mol. The Morgan fingerprint density at radius 3 is 2.54 bits per heavy atom. The van der Waals surface area contributed by atoms with Crippen LogP contribution in [0, 0.1) is 12.7 Å². The van der Waals surface area contributed by atoms with Crippen LogP contribution in [0.2, 0.25) is 0 Å². The molecule has 3 rings (SSSR count). The van der Waals surface area contributed by atoms with Crippen molar-refractivity contribution in [1.82, 2.24) is 4.90 Å². The molecular formula is C20H22FNO2. The molecule has 4 heteroatoms. The summed E-state index contributed by atoms with van der Waals surface area (Å²) in [7, 11) is 0. The number of hydrogen-bond donors (Lipinski definition) is 1. The molecule has 126 valence electrons. The number of carboxylic acids is 1. The summed E-state index contributed by atoms with van der Waals surface area (Å²) in [5, 5.41) is 9.63. The van der Waals surface area contributed by atoms with E-state index in [1.54, 1.807) is 18.2 Å². The average molecular weight is 327 g/mol. The first-order valence-corrected chi connectivity index (χ1v) is 8.37. The minimum Gasteiger partial charge on any atom is -0.480 e. The largest absolute Gasteiger partial charge is 0.480 e. The SMILES string of the molecule is Cc1ccc(C(c2ccccc2F)N2CCCCC2C(=O)O)cc1. The number of hydrogen-bond acceptors (Lipinski definition) is 2. The topological polar surface area (TPSA) is 40.5 Å². The second kappa shape index (κ2) is 7.14. The third kappa shape index (κ3) is 3.34. The van der Waals surface area contributed by atoms with Crippen molar-refractivity contribution in [3.05, 3.63) is 71.0 Å². The number of aliphatic carboxylic acids is 1. The third-order valence-electron chi connectivity index (χ3n) is 4.75.